The van der Waals surface area contributed by atoms with E-state index < -0.39 is 0 Å². The first-order valence-electron chi connectivity index (χ1n) is 5.68. The van der Waals surface area contributed by atoms with Crippen molar-refractivity contribution in [1.82, 2.24) is 25.1 Å². The van der Waals surface area contributed by atoms with Crippen molar-refractivity contribution in [3.05, 3.63) is 28.6 Å². The lowest BCUT2D eigenvalue weighted by Crippen LogP contribution is -2.01. The van der Waals surface area contributed by atoms with Crippen LogP contribution in [0.2, 0.25) is 0 Å². The molecule has 0 spiro atoms. The number of nitrogens with zero attached hydrogens (tertiary/aromatic N) is 4. The molecule has 3 aromatic rings. The highest BCUT2D eigenvalue weighted by Gasteiger charge is 2.06. The van der Waals surface area contributed by atoms with Crippen molar-refractivity contribution in [3.8, 4) is 0 Å². The van der Waals surface area contributed by atoms with E-state index in [1.54, 1.807) is 17.5 Å². The third-order valence-corrected chi connectivity index (χ3v) is 3.75. The van der Waals surface area contributed by atoms with Crippen molar-refractivity contribution in [2.75, 3.05) is 5.32 Å². The molecule has 2 N–H and O–H groups in total. The molecule has 92 valence electrons. The van der Waals surface area contributed by atoms with Crippen molar-refractivity contribution in [1.29, 1.82) is 0 Å². The van der Waals surface area contributed by atoms with E-state index >= 15 is 0 Å². The molecule has 0 saturated heterocycles. The molecule has 0 bridgehead atoms. The third kappa shape index (κ3) is 2.04. The van der Waals surface area contributed by atoms with Gasteiger partial charge in [0.25, 0.3) is 0 Å². The lowest BCUT2D eigenvalue weighted by atomic mass is 10.4. The number of aromatic nitrogens is 5. The summed E-state index contributed by atoms with van der Waals surface area (Å²) in [5.41, 5.74) is 0.737. The van der Waals surface area contributed by atoms with Gasteiger partial charge in [-0.3, -0.25) is 5.10 Å². The standard InChI is InChI=1S/C11H12N6S/c1-2-7-3-12-9(18-7)5-13-10-8-4-16-17-11(8)15-6-14-10/h3-4,6H,2,5H2,1H3,(H2,13,14,15,16,17). The molecule has 7 heteroatoms. The molecule has 3 rings (SSSR count). The Morgan fingerprint density at radius 2 is 2.22 bits per heavy atom. The second-order valence-electron chi connectivity index (χ2n) is 3.78. The highest BCUT2D eigenvalue weighted by atomic mass is 32.1. The highest BCUT2D eigenvalue weighted by molar-refractivity contribution is 7.11. The molecule has 0 saturated carbocycles. The number of thiazole rings is 1. The smallest absolute Gasteiger partial charge is 0.160 e. The van der Waals surface area contributed by atoms with E-state index in [1.165, 1.54) is 11.2 Å². The van der Waals surface area contributed by atoms with E-state index in [9.17, 15) is 0 Å². The van der Waals surface area contributed by atoms with Gasteiger partial charge in [0.05, 0.1) is 18.1 Å². The van der Waals surface area contributed by atoms with Gasteiger partial charge in [-0.25, -0.2) is 15.0 Å². The Hall–Kier alpha value is -2.02. The number of hydrogen-bond acceptors (Lipinski definition) is 6. The van der Waals surface area contributed by atoms with Gasteiger partial charge in [-0.1, -0.05) is 6.92 Å². The van der Waals surface area contributed by atoms with Gasteiger partial charge in [0.2, 0.25) is 0 Å². The molecular weight excluding hydrogens is 248 g/mol. The zero-order valence-corrected chi connectivity index (χ0v) is 10.7. The quantitative estimate of drug-likeness (QED) is 0.750. The highest BCUT2D eigenvalue weighted by Crippen LogP contribution is 2.18. The predicted octanol–water partition coefficient (Wildman–Crippen LogP) is 1.98. The van der Waals surface area contributed by atoms with Crippen LogP contribution >= 0.6 is 11.3 Å². The minimum absolute atomic E-state index is 0.669. The molecule has 3 aromatic heterocycles. The fourth-order valence-electron chi connectivity index (χ4n) is 1.66. The average molecular weight is 260 g/mol. The summed E-state index contributed by atoms with van der Waals surface area (Å²) in [4.78, 5) is 14.0. The zero-order chi connectivity index (χ0) is 12.4. The number of nitrogens with one attached hydrogen (secondary N) is 2. The van der Waals surface area contributed by atoms with Crippen LogP contribution in [0.3, 0.4) is 0 Å². The van der Waals surface area contributed by atoms with Crippen molar-refractivity contribution < 1.29 is 0 Å². The summed E-state index contributed by atoms with van der Waals surface area (Å²) in [7, 11) is 0. The molecule has 0 aliphatic rings. The monoisotopic (exact) mass is 260 g/mol. The second kappa shape index (κ2) is 4.69. The summed E-state index contributed by atoms with van der Waals surface area (Å²) in [6.45, 7) is 2.80. The number of aryl methyl sites for hydroxylation is 1. The molecule has 0 aromatic carbocycles. The Morgan fingerprint density at radius 3 is 3.06 bits per heavy atom. The van der Waals surface area contributed by atoms with Gasteiger partial charge < -0.3 is 5.32 Å². The van der Waals surface area contributed by atoms with Gasteiger partial charge in [0, 0.05) is 11.1 Å². The van der Waals surface area contributed by atoms with Crippen LogP contribution in [0.25, 0.3) is 11.0 Å². The minimum atomic E-state index is 0.669. The molecule has 0 aliphatic heterocycles. The largest absolute Gasteiger partial charge is 0.363 e. The molecule has 3 heterocycles. The van der Waals surface area contributed by atoms with E-state index in [4.69, 9.17) is 0 Å². The Balaban J connectivity index is 1.78. The zero-order valence-electron chi connectivity index (χ0n) is 9.84. The van der Waals surface area contributed by atoms with Crippen LogP contribution in [0, 0.1) is 0 Å². The van der Waals surface area contributed by atoms with Crippen LogP contribution in [0.1, 0.15) is 16.8 Å². The molecule has 18 heavy (non-hydrogen) atoms. The van der Waals surface area contributed by atoms with Gasteiger partial charge in [-0.2, -0.15) is 5.10 Å². The molecule has 0 amide bonds. The number of aromatic amines is 1. The van der Waals surface area contributed by atoms with Gasteiger partial charge in [0.1, 0.15) is 17.2 Å². The van der Waals surface area contributed by atoms with Gasteiger partial charge in [0.15, 0.2) is 5.65 Å². The Bertz CT molecular complexity index is 658. The summed E-state index contributed by atoms with van der Waals surface area (Å²) < 4.78 is 0. The number of H-pyrrole nitrogens is 1. The Morgan fingerprint density at radius 1 is 1.28 bits per heavy atom. The summed E-state index contributed by atoms with van der Waals surface area (Å²) in [6, 6.07) is 0. The maximum atomic E-state index is 4.36. The maximum absolute atomic E-state index is 4.36. The van der Waals surface area contributed by atoms with Crippen LogP contribution in [0.4, 0.5) is 5.82 Å². The van der Waals surface area contributed by atoms with Crippen molar-refractivity contribution in [2.45, 2.75) is 19.9 Å². The molecule has 0 aliphatic carbocycles. The van der Waals surface area contributed by atoms with E-state index in [1.807, 2.05) is 6.20 Å². The fraction of sp³-hybridized carbons (Fsp3) is 0.273. The fourth-order valence-corrected chi connectivity index (χ4v) is 2.46. The minimum Gasteiger partial charge on any atom is -0.363 e. The molecule has 6 nitrogen and oxygen atoms in total. The van der Waals surface area contributed by atoms with Gasteiger partial charge in [-0.15, -0.1) is 11.3 Å². The number of fused-ring (bicyclic) bond motifs is 1. The number of hydrogen-bond donors (Lipinski definition) is 2. The predicted molar refractivity (Wildman–Crippen MR) is 70.5 cm³/mol. The lowest BCUT2D eigenvalue weighted by molar-refractivity contribution is 1.06. The maximum Gasteiger partial charge on any atom is 0.160 e. The third-order valence-electron chi connectivity index (χ3n) is 2.60. The topological polar surface area (TPSA) is 79.4 Å². The summed E-state index contributed by atoms with van der Waals surface area (Å²) in [6.07, 6.45) is 6.19. The first kappa shape index (κ1) is 11.1. The van der Waals surface area contributed by atoms with Crippen LogP contribution in [0.15, 0.2) is 18.7 Å². The normalized spacial score (nSPS) is 10.9. The Kier molecular flexibility index (Phi) is 2.89. The van der Waals surface area contributed by atoms with E-state index in [2.05, 4.69) is 37.4 Å². The Labute approximate surface area is 108 Å². The summed E-state index contributed by atoms with van der Waals surface area (Å²) in [5, 5.41) is 12.0. The van der Waals surface area contributed by atoms with Crippen molar-refractivity contribution >= 4 is 28.2 Å². The van der Waals surface area contributed by atoms with Crippen LogP contribution < -0.4 is 5.32 Å². The first-order chi connectivity index (χ1) is 8.86. The molecule has 0 unspecified atom stereocenters. The molecule has 0 fully saturated rings. The average Bonchev–Trinajstić information content (AvgIpc) is 3.05. The van der Waals surface area contributed by atoms with E-state index in [-0.39, 0.29) is 0 Å². The van der Waals surface area contributed by atoms with Crippen LogP contribution in [-0.4, -0.2) is 25.1 Å². The van der Waals surface area contributed by atoms with Crippen LogP contribution in [-0.2, 0) is 13.0 Å². The number of anilines is 1. The molecule has 0 radical (unpaired) electrons. The second-order valence-corrected chi connectivity index (χ2v) is 4.98. The van der Waals surface area contributed by atoms with Crippen LogP contribution in [0.5, 0.6) is 0 Å². The summed E-state index contributed by atoms with van der Waals surface area (Å²) >= 11 is 1.72. The van der Waals surface area contributed by atoms with Gasteiger partial charge >= 0.3 is 0 Å². The van der Waals surface area contributed by atoms with E-state index in [0.717, 1.165) is 28.3 Å². The van der Waals surface area contributed by atoms with Crippen molar-refractivity contribution in [2.24, 2.45) is 0 Å². The lowest BCUT2D eigenvalue weighted by Gasteiger charge is -2.03. The first-order valence-corrected chi connectivity index (χ1v) is 6.50. The number of rotatable bonds is 4. The van der Waals surface area contributed by atoms with E-state index in [0.29, 0.717) is 6.54 Å². The molecule has 0 atom stereocenters. The van der Waals surface area contributed by atoms with Crippen molar-refractivity contribution in [3.63, 3.8) is 0 Å². The summed E-state index contributed by atoms with van der Waals surface area (Å²) in [5.74, 6) is 0.780. The SMILES string of the molecule is CCc1cnc(CNc2ncnc3[nH]ncc23)s1. The molecular formula is C11H12N6S. The van der Waals surface area contributed by atoms with Gasteiger partial charge in [-0.05, 0) is 6.42 Å².